The fourth-order valence-electron chi connectivity index (χ4n) is 1.61. The molecule has 19 heavy (non-hydrogen) atoms. The molecule has 0 aliphatic carbocycles. The van der Waals surface area contributed by atoms with Crippen molar-refractivity contribution >= 4 is 21.9 Å². The number of carboxylic acid groups (broad SMARTS) is 1. The highest BCUT2D eigenvalue weighted by atomic mass is 79.9. The molecular weight excluding hydrogens is 310 g/mol. The minimum absolute atomic E-state index is 0.219. The average molecular weight is 322 g/mol. The normalized spacial score (nSPS) is 10.2. The van der Waals surface area contributed by atoms with Crippen LogP contribution in [0, 0.1) is 6.92 Å². The van der Waals surface area contributed by atoms with Crippen molar-refractivity contribution in [2.24, 2.45) is 0 Å². The van der Waals surface area contributed by atoms with Crippen molar-refractivity contribution in [2.45, 2.75) is 13.5 Å². The van der Waals surface area contributed by atoms with E-state index in [0.29, 0.717) is 16.8 Å². The first-order chi connectivity index (χ1) is 9.06. The lowest BCUT2D eigenvalue weighted by molar-refractivity contribution is 0.0696. The minimum atomic E-state index is -0.963. The summed E-state index contributed by atoms with van der Waals surface area (Å²) in [6.45, 7) is 2.35. The first kappa shape index (κ1) is 13.5. The smallest absolute Gasteiger partial charge is 0.335 e. The van der Waals surface area contributed by atoms with E-state index in [0.717, 1.165) is 11.1 Å². The Kier molecular flexibility index (Phi) is 4.16. The van der Waals surface area contributed by atoms with Crippen molar-refractivity contribution < 1.29 is 14.6 Å². The van der Waals surface area contributed by atoms with E-state index in [1.165, 1.54) is 12.1 Å². The number of ether oxygens (including phenoxy) is 1. The van der Waals surface area contributed by atoms with Crippen LogP contribution in [-0.4, -0.2) is 16.1 Å². The Morgan fingerprint density at radius 1 is 1.37 bits per heavy atom. The molecule has 1 N–H and O–H groups in total. The maximum absolute atomic E-state index is 10.8. The number of aromatic nitrogens is 1. The van der Waals surface area contributed by atoms with Crippen molar-refractivity contribution in [1.29, 1.82) is 0 Å². The van der Waals surface area contributed by atoms with Crippen LogP contribution in [0.15, 0.2) is 41.1 Å². The van der Waals surface area contributed by atoms with Crippen LogP contribution < -0.4 is 4.74 Å². The lowest BCUT2D eigenvalue weighted by atomic mass is 10.2. The predicted octanol–water partition coefficient (Wildman–Crippen LogP) is 3.43. The van der Waals surface area contributed by atoms with E-state index in [4.69, 9.17) is 9.84 Å². The zero-order valence-electron chi connectivity index (χ0n) is 10.3. The van der Waals surface area contributed by atoms with E-state index in [9.17, 15) is 4.79 Å². The largest absolute Gasteiger partial charge is 0.488 e. The monoisotopic (exact) mass is 321 g/mol. The number of aromatic carboxylic acids is 1. The Morgan fingerprint density at radius 2 is 2.16 bits per heavy atom. The second kappa shape index (κ2) is 5.84. The van der Waals surface area contributed by atoms with Gasteiger partial charge in [-0.15, -0.1) is 0 Å². The van der Waals surface area contributed by atoms with Crippen molar-refractivity contribution in [3.05, 3.63) is 57.8 Å². The number of nitrogens with zero attached hydrogens (tertiary/aromatic N) is 1. The van der Waals surface area contributed by atoms with Crippen molar-refractivity contribution in [3.8, 4) is 5.75 Å². The van der Waals surface area contributed by atoms with Gasteiger partial charge in [-0.3, -0.25) is 4.98 Å². The molecule has 0 unspecified atom stereocenters. The molecule has 2 rings (SSSR count). The van der Waals surface area contributed by atoms with Crippen LogP contribution in [0.2, 0.25) is 0 Å². The summed E-state index contributed by atoms with van der Waals surface area (Å²) in [5, 5.41) is 8.87. The number of rotatable bonds is 4. The fraction of sp³-hybridized carbons (Fsp3) is 0.143. The molecule has 4 nitrogen and oxygen atoms in total. The van der Waals surface area contributed by atoms with Gasteiger partial charge in [0.15, 0.2) is 0 Å². The summed E-state index contributed by atoms with van der Waals surface area (Å²) in [5.74, 6) is -0.360. The summed E-state index contributed by atoms with van der Waals surface area (Å²) in [7, 11) is 0. The predicted molar refractivity (Wildman–Crippen MR) is 74.4 cm³/mol. The molecule has 2 aromatic rings. The molecule has 1 aromatic carbocycles. The molecule has 0 atom stereocenters. The Bertz CT molecular complexity index is 613. The first-order valence-corrected chi connectivity index (χ1v) is 6.42. The Balaban J connectivity index is 2.10. The second-order valence-corrected chi connectivity index (χ2v) is 4.96. The van der Waals surface area contributed by atoms with Crippen molar-refractivity contribution in [3.63, 3.8) is 0 Å². The lowest BCUT2D eigenvalue weighted by Gasteiger charge is -2.09. The Hall–Kier alpha value is -1.88. The molecule has 0 spiro atoms. The molecule has 0 aliphatic heterocycles. The molecule has 1 heterocycles. The first-order valence-electron chi connectivity index (χ1n) is 5.62. The van der Waals surface area contributed by atoms with Gasteiger partial charge < -0.3 is 9.84 Å². The molecule has 0 fully saturated rings. The van der Waals surface area contributed by atoms with Gasteiger partial charge in [0, 0.05) is 18.0 Å². The Labute approximate surface area is 119 Å². The highest BCUT2D eigenvalue weighted by molar-refractivity contribution is 9.10. The summed E-state index contributed by atoms with van der Waals surface area (Å²) in [6.07, 6.45) is 3.52. The number of pyridine rings is 1. The molecule has 0 radical (unpaired) electrons. The van der Waals surface area contributed by atoms with Crippen LogP contribution in [0.25, 0.3) is 0 Å². The van der Waals surface area contributed by atoms with E-state index >= 15 is 0 Å². The lowest BCUT2D eigenvalue weighted by Crippen LogP contribution is -2.00. The summed E-state index contributed by atoms with van der Waals surface area (Å²) in [6, 6.07) is 6.66. The number of carboxylic acids is 1. The van der Waals surface area contributed by atoms with Gasteiger partial charge in [0.1, 0.15) is 12.4 Å². The van der Waals surface area contributed by atoms with Gasteiger partial charge in [0.05, 0.1) is 10.0 Å². The number of benzene rings is 1. The molecule has 0 aliphatic rings. The zero-order valence-corrected chi connectivity index (χ0v) is 11.8. The van der Waals surface area contributed by atoms with E-state index in [1.54, 1.807) is 18.5 Å². The van der Waals surface area contributed by atoms with Gasteiger partial charge in [-0.25, -0.2) is 4.79 Å². The molecule has 0 saturated heterocycles. The van der Waals surface area contributed by atoms with Crippen LogP contribution in [0.5, 0.6) is 5.75 Å². The topological polar surface area (TPSA) is 59.4 Å². The standard InChI is InChI=1S/C14H12BrNO3/c1-9-4-10(7-16-6-9)8-19-13-3-2-11(14(17)18)5-12(13)15/h2-7H,8H2,1H3,(H,17,18). The van der Waals surface area contributed by atoms with Gasteiger partial charge in [0.2, 0.25) is 0 Å². The third-order valence-electron chi connectivity index (χ3n) is 2.50. The van der Waals surface area contributed by atoms with Crippen LogP contribution >= 0.6 is 15.9 Å². The van der Waals surface area contributed by atoms with Gasteiger partial charge in [-0.2, -0.15) is 0 Å². The molecule has 0 bridgehead atoms. The van der Waals surface area contributed by atoms with Gasteiger partial charge in [-0.05, 0) is 52.7 Å². The fourth-order valence-corrected chi connectivity index (χ4v) is 2.10. The molecular formula is C14H12BrNO3. The van der Waals surface area contributed by atoms with E-state index in [-0.39, 0.29) is 5.56 Å². The minimum Gasteiger partial charge on any atom is -0.488 e. The number of hydrogen-bond acceptors (Lipinski definition) is 3. The average Bonchev–Trinajstić information content (AvgIpc) is 2.37. The summed E-state index contributed by atoms with van der Waals surface area (Å²) >= 11 is 3.30. The molecule has 1 aromatic heterocycles. The van der Waals surface area contributed by atoms with Crippen LogP contribution in [0.1, 0.15) is 21.5 Å². The number of halogens is 1. The number of aryl methyl sites for hydroxylation is 1. The van der Waals surface area contributed by atoms with Crippen LogP contribution in [0.3, 0.4) is 0 Å². The Morgan fingerprint density at radius 3 is 2.79 bits per heavy atom. The van der Waals surface area contributed by atoms with Gasteiger partial charge in [0.25, 0.3) is 0 Å². The third-order valence-corrected chi connectivity index (χ3v) is 3.12. The highest BCUT2D eigenvalue weighted by Crippen LogP contribution is 2.26. The van der Waals surface area contributed by atoms with Crippen molar-refractivity contribution in [2.75, 3.05) is 0 Å². The van der Waals surface area contributed by atoms with E-state index in [1.807, 2.05) is 13.0 Å². The van der Waals surface area contributed by atoms with Gasteiger partial charge >= 0.3 is 5.97 Å². The van der Waals surface area contributed by atoms with E-state index in [2.05, 4.69) is 20.9 Å². The summed E-state index contributed by atoms with van der Waals surface area (Å²) < 4.78 is 6.25. The second-order valence-electron chi connectivity index (χ2n) is 4.11. The molecule has 0 amide bonds. The molecule has 98 valence electrons. The molecule has 5 heteroatoms. The van der Waals surface area contributed by atoms with Gasteiger partial charge in [-0.1, -0.05) is 0 Å². The van der Waals surface area contributed by atoms with E-state index < -0.39 is 5.97 Å². The number of hydrogen-bond donors (Lipinski definition) is 1. The SMILES string of the molecule is Cc1cncc(COc2ccc(C(=O)O)cc2Br)c1. The third kappa shape index (κ3) is 3.54. The molecule has 0 saturated carbocycles. The zero-order chi connectivity index (χ0) is 13.8. The highest BCUT2D eigenvalue weighted by Gasteiger charge is 2.07. The maximum atomic E-state index is 10.8. The summed E-state index contributed by atoms with van der Waals surface area (Å²) in [5.41, 5.74) is 2.26. The summed E-state index contributed by atoms with van der Waals surface area (Å²) in [4.78, 5) is 14.9. The quantitative estimate of drug-likeness (QED) is 0.937. The van der Waals surface area contributed by atoms with Crippen LogP contribution in [-0.2, 0) is 6.61 Å². The van der Waals surface area contributed by atoms with Crippen LogP contribution in [0.4, 0.5) is 0 Å². The maximum Gasteiger partial charge on any atom is 0.335 e. The number of carbonyl (C=O) groups is 1. The van der Waals surface area contributed by atoms with Crippen molar-refractivity contribution in [1.82, 2.24) is 4.98 Å².